The van der Waals surface area contributed by atoms with Gasteiger partial charge in [-0.3, -0.25) is 4.55 Å². The maximum atomic E-state index is 10.6. The van der Waals surface area contributed by atoms with Crippen LogP contribution in [0.3, 0.4) is 0 Å². The Morgan fingerprint density at radius 2 is 1.87 bits per heavy atom. The lowest BCUT2D eigenvalue weighted by Crippen LogP contribution is -2.23. The van der Waals surface area contributed by atoms with Gasteiger partial charge in [-0.1, -0.05) is 39.0 Å². The molecule has 0 saturated carbocycles. The molecule has 0 heterocycles. The first kappa shape index (κ1) is 15.2. The summed E-state index contributed by atoms with van der Waals surface area (Å²) in [7, 11) is -1.64. The largest absolute Gasteiger partial charge is 0.321 e. The van der Waals surface area contributed by atoms with Gasteiger partial charge in [0.15, 0.2) is 0 Å². The summed E-state index contributed by atoms with van der Waals surface area (Å²) in [5, 5.41) is 2.67. The first-order chi connectivity index (χ1) is 6.99. The molecule has 0 amide bonds. The molecule has 15 heavy (non-hydrogen) atoms. The molecule has 0 aromatic heterocycles. The molecule has 0 spiro atoms. The van der Waals surface area contributed by atoms with E-state index in [9.17, 15) is 8.42 Å². The van der Waals surface area contributed by atoms with E-state index >= 15 is 0 Å². The van der Waals surface area contributed by atoms with E-state index in [0.717, 1.165) is 19.3 Å². The number of hydrogen-bond acceptors (Lipinski definition) is 4. The monoisotopic (exact) mass is 255 g/mol. The van der Waals surface area contributed by atoms with Gasteiger partial charge >= 0.3 is 9.15 Å². The van der Waals surface area contributed by atoms with E-state index in [1.165, 1.54) is 19.3 Å². The van der Waals surface area contributed by atoms with Crippen molar-refractivity contribution in [1.29, 1.82) is 0 Å². The van der Waals surface area contributed by atoms with Crippen molar-refractivity contribution >= 4 is 19.9 Å². The van der Waals surface area contributed by atoms with Gasteiger partial charge in [0.1, 0.15) is 0 Å². The predicted octanol–water partition coefficient (Wildman–Crippen LogP) is 2.43. The zero-order valence-corrected chi connectivity index (χ0v) is 11.0. The van der Waals surface area contributed by atoms with Gasteiger partial charge in [0, 0.05) is 10.8 Å². The second-order valence-corrected chi connectivity index (χ2v) is 6.96. The predicted molar refractivity (Wildman–Crippen MR) is 65.4 cm³/mol. The Hall–Kier alpha value is 0.220. The molecule has 0 aromatic rings. The van der Waals surface area contributed by atoms with E-state index < -0.39 is 9.15 Å². The lowest BCUT2D eigenvalue weighted by Gasteiger charge is -2.12. The minimum absolute atomic E-state index is 0.207. The number of hydrogen-bond donors (Lipinski definition) is 2. The van der Waals surface area contributed by atoms with Gasteiger partial charge in [-0.05, 0) is 13.5 Å². The molecule has 4 nitrogen and oxygen atoms in total. The summed E-state index contributed by atoms with van der Waals surface area (Å²) >= 11 is 0. The quantitative estimate of drug-likeness (QED) is 0.287. The molecule has 6 heteroatoms. The van der Waals surface area contributed by atoms with Crippen LogP contribution in [0.2, 0.25) is 0 Å². The summed E-state index contributed by atoms with van der Waals surface area (Å²) in [5.74, 6) is 0. The second kappa shape index (κ2) is 8.38. The molecule has 1 unspecified atom stereocenters. The third-order valence-corrected chi connectivity index (χ3v) is 4.50. The van der Waals surface area contributed by atoms with E-state index in [0.29, 0.717) is 10.8 Å². The van der Waals surface area contributed by atoms with Crippen LogP contribution in [0.15, 0.2) is 0 Å². The van der Waals surface area contributed by atoms with E-state index in [4.69, 9.17) is 4.55 Å². The van der Waals surface area contributed by atoms with E-state index in [2.05, 4.69) is 12.2 Å². The normalized spacial score (nSPS) is 14.1. The van der Waals surface area contributed by atoms with Crippen LogP contribution >= 0.6 is 10.8 Å². The molecule has 0 rings (SSSR count). The molecule has 1 atom stereocenters. The van der Waals surface area contributed by atoms with Gasteiger partial charge in [-0.2, -0.15) is 8.42 Å². The lowest BCUT2D eigenvalue weighted by molar-refractivity contribution is 0.501. The number of rotatable bonds is 9. The smallest absolute Gasteiger partial charge is 0.307 e. The third kappa shape index (κ3) is 10.5. The highest BCUT2D eigenvalue weighted by atomic mass is 33.1. The first-order valence-corrected chi connectivity index (χ1v) is 8.16. The molecule has 0 radical (unpaired) electrons. The minimum atomic E-state index is -3.93. The van der Waals surface area contributed by atoms with Crippen molar-refractivity contribution in [2.24, 2.45) is 0 Å². The molecule has 0 fully saturated rings. The summed E-state index contributed by atoms with van der Waals surface area (Å²) in [6.45, 7) is 2.16. The fourth-order valence-corrected chi connectivity index (χ4v) is 3.43. The second-order valence-electron chi connectivity index (χ2n) is 3.50. The minimum Gasteiger partial charge on any atom is -0.307 e. The van der Waals surface area contributed by atoms with Crippen LogP contribution in [0, 0.1) is 0 Å². The van der Waals surface area contributed by atoms with Crippen LogP contribution in [0.1, 0.15) is 45.4 Å². The van der Waals surface area contributed by atoms with Crippen LogP contribution in [0.25, 0.3) is 0 Å². The summed E-state index contributed by atoms with van der Waals surface area (Å²) in [5.41, 5.74) is 0. The van der Waals surface area contributed by atoms with Crippen molar-refractivity contribution in [2.45, 2.75) is 50.8 Å². The number of nitrogens with one attached hydrogen (secondary N) is 1. The van der Waals surface area contributed by atoms with Crippen molar-refractivity contribution in [3.8, 4) is 0 Å². The average Bonchev–Trinajstić information content (AvgIpc) is 2.14. The highest BCUT2D eigenvalue weighted by Gasteiger charge is 2.15. The van der Waals surface area contributed by atoms with Gasteiger partial charge in [-0.15, -0.1) is 0 Å². The molecule has 2 N–H and O–H groups in total. The Bertz CT molecular complexity index is 242. The van der Waals surface area contributed by atoms with Crippen molar-refractivity contribution in [3.63, 3.8) is 0 Å². The maximum Gasteiger partial charge on any atom is 0.321 e. The van der Waals surface area contributed by atoms with Crippen molar-refractivity contribution in [3.05, 3.63) is 0 Å². The van der Waals surface area contributed by atoms with Crippen LogP contribution in [-0.2, 0) is 9.15 Å². The molecule has 0 bridgehead atoms. The molecular weight excluding hydrogens is 234 g/mol. The van der Waals surface area contributed by atoms with Crippen molar-refractivity contribution < 1.29 is 13.0 Å². The van der Waals surface area contributed by atoms with Crippen molar-refractivity contribution in [2.75, 3.05) is 7.05 Å². The molecule has 0 aliphatic carbocycles. The molecule has 0 aliphatic heterocycles. The molecule has 0 aliphatic rings. The summed E-state index contributed by atoms with van der Waals surface area (Å²) < 4.78 is 29.9. The van der Waals surface area contributed by atoms with Gasteiger partial charge in [0.25, 0.3) is 0 Å². The molecule has 0 saturated heterocycles. The summed E-state index contributed by atoms with van der Waals surface area (Å²) in [6.07, 6.45) is 6.52. The van der Waals surface area contributed by atoms with Crippen LogP contribution in [0.4, 0.5) is 0 Å². The highest BCUT2D eigenvalue weighted by molar-refractivity contribution is 8.70. The molecule has 0 aromatic carbocycles. The number of unbranched alkanes of at least 4 members (excludes halogenated alkanes) is 4. The fourth-order valence-electron chi connectivity index (χ4n) is 1.32. The van der Waals surface area contributed by atoms with Crippen LogP contribution < -0.4 is 5.32 Å². The molecular formula is C9H21NO3S2. The Morgan fingerprint density at radius 3 is 2.33 bits per heavy atom. The lowest BCUT2D eigenvalue weighted by atomic mass is 10.1. The zero-order chi connectivity index (χ0) is 11.7. The van der Waals surface area contributed by atoms with E-state index in [1.54, 1.807) is 7.05 Å². The summed E-state index contributed by atoms with van der Waals surface area (Å²) in [6, 6.07) is 0. The maximum absolute atomic E-state index is 10.6. The van der Waals surface area contributed by atoms with Crippen molar-refractivity contribution in [1.82, 2.24) is 5.32 Å². The van der Waals surface area contributed by atoms with E-state index in [-0.39, 0.29) is 5.37 Å². The Labute approximate surface area is 96.4 Å². The van der Waals surface area contributed by atoms with E-state index in [1.807, 2.05) is 0 Å². The molecule has 92 valence electrons. The topological polar surface area (TPSA) is 66.4 Å². The highest BCUT2D eigenvalue weighted by Crippen LogP contribution is 2.20. The van der Waals surface area contributed by atoms with Gasteiger partial charge < -0.3 is 5.32 Å². The summed E-state index contributed by atoms with van der Waals surface area (Å²) in [4.78, 5) is 0. The van der Waals surface area contributed by atoms with Gasteiger partial charge in [0.05, 0.1) is 5.37 Å². The zero-order valence-electron chi connectivity index (χ0n) is 9.40. The average molecular weight is 255 g/mol. The first-order valence-electron chi connectivity index (χ1n) is 5.32. The Kier molecular flexibility index (Phi) is 8.50. The fraction of sp³-hybridized carbons (Fsp3) is 1.00. The third-order valence-electron chi connectivity index (χ3n) is 2.13. The van der Waals surface area contributed by atoms with Gasteiger partial charge in [-0.25, -0.2) is 0 Å². The Morgan fingerprint density at radius 1 is 1.27 bits per heavy atom. The van der Waals surface area contributed by atoms with Crippen LogP contribution in [0.5, 0.6) is 0 Å². The Balaban J connectivity index is 3.62. The van der Waals surface area contributed by atoms with Gasteiger partial charge in [0.2, 0.25) is 0 Å². The standard InChI is InChI=1S/C9H21NO3S2/c1-3-4-5-6-7-8-9(10-2)14-15(11,12)13/h9-10H,3-8H2,1-2H3,(H,11,12,13). The SMILES string of the molecule is CCCCCCCC(NC)SS(=O)(=O)O. The van der Waals surface area contributed by atoms with Crippen LogP contribution in [-0.4, -0.2) is 25.4 Å².